The molecule has 1 aromatic rings. The SMILES string of the molecule is CNc1ccn(COC(CO)CO)c(=O)n1. The molecule has 1 aromatic heterocycles. The lowest BCUT2D eigenvalue weighted by Crippen LogP contribution is -2.29. The van der Waals surface area contributed by atoms with Crippen molar-refractivity contribution in [2.45, 2.75) is 12.8 Å². The highest BCUT2D eigenvalue weighted by Crippen LogP contribution is 1.96. The van der Waals surface area contributed by atoms with E-state index in [1.54, 1.807) is 13.1 Å². The number of aromatic nitrogens is 2. The van der Waals surface area contributed by atoms with E-state index in [1.165, 1.54) is 10.8 Å². The molecule has 0 atom stereocenters. The van der Waals surface area contributed by atoms with Crippen LogP contribution >= 0.6 is 0 Å². The lowest BCUT2D eigenvalue weighted by atomic mass is 10.4. The van der Waals surface area contributed by atoms with Crippen molar-refractivity contribution in [1.29, 1.82) is 0 Å². The second-order valence-corrected chi connectivity index (χ2v) is 3.10. The fraction of sp³-hybridized carbons (Fsp3) is 0.556. The molecule has 0 amide bonds. The van der Waals surface area contributed by atoms with Crippen molar-refractivity contribution in [1.82, 2.24) is 9.55 Å². The molecule has 0 aliphatic rings. The van der Waals surface area contributed by atoms with Crippen LogP contribution in [0.3, 0.4) is 0 Å². The zero-order chi connectivity index (χ0) is 12.0. The van der Waals surface area contributed by atoms with Gasteiger partial charge in [0.1, 0.15) is 18.7 Å². The summed E-state index contributed by atoms with van der Waals surface area (Å²) in [6, 6.07) is 1.62. The van der Waals surface area contributed by atoms with Crippen LogP contribution in [0.4, 0.5) is 5.82 Å². The van der Waals surface area contributed by atoms with Gasteiger partial charge in [-0.15, -0.1) is 0 Å². The maximum atomic E-state index is 11.4. The summed E-state index contributed by atoms with van der Waals surface area (Å²) in [5, 5.41) is 20.3. The molecular weight excluding hydrogens is 214 g/mol. The Bertz CT molecular complexity index is 375. The van der Waals surface area contributed by atoms with E-state index in [1.807, 2.05) is 0 Å². The molecule has 0 bridgehead atoms. The van der Waals surface area contributed by atoms with Crippen molar-refractivity contribution in [3.05, 3.63) is 22.7 Å². The number of aliphatic hydroxyl groups excluding tert-OH is 2. The Labute approximate surface area is 92.3 Å². The van der Waals surface area contributed by atoms with Gasteiger partial charge >= 0.3 is 5.69 Å². The van der Waals surface area contributed by atoms with E-state index in [0.717, 1.165) is 0 Å². The fourth-order valence-electron chi connectivity index (χ4n) is 1.02. The Morgan fingerprint density at radius 1 is 1.56 bits per heavy atom. The van der Waals surface area contributed by atoms with E-state index in [0.29, 0.717) is 5.82 Å². The van der Waals surface area contributed by atoms with Crippen LogP contribution in [-0.2, 0) is 11.5 Å². The van der Waals surface area contributed by atoms with Crippen LogP contribution in [0.1, 0.15) is 0 Å². The molecule has 1 heterocycles. The minimum atomic E-state index is -0.684. The topological polar surface area (TPSA) is 96.6 Å². The van der Waals surface area contributed by atoms with E-state index in [2.05, 4.69) is 10.3 Å². The monoisotopic (exact) mass is 229 g/mol. The van der Waals surface area contributed by atoms with Crippen molar-refractivity contribution in [3.63, 3.8) is 0 Å². The van der Waals surface area contributed by atoms with Crippen molar-refractivity contribution >= 4 is 5.82 Å². The molecular formula is C9H15N3O4. The first kappa shape index (κ1) is 12.6. The van der Waals surface area contributed by atoms with Crippen LogP contribution in [0.5, 0.6) is 0 Å². The first-order valence-electron chi connectivity index (χ1n) is 4.79. The Morgan fingerprint density at radius 3 is 2.75 bits per heavy atom. The van der Waals surface area contributed by atoms with Gasteiger partial charge in [-0.1, -0.05) is 0 Å². The molecule has 3 N–H and O–H groups in total. The molecule has 0 saturated carbocycles. The summed E-state index contributed by atoms with van der Waals surface area (Å²) in [7, 11) is 1.66. The summed E-state index contributed by atoms with van der Waals surface area (Å²) in [5.41, 5.74) is -0.457. The molecule has 90 valence electrons. The maximum absolute atomic E-state index is 11.4. The highest BCUT2D eigenvalue weighted by molar-refractivity contribution is 5.30. The van der Waals surface area contributed by atoms with Crippen LogP contribution in [0.2, 0.25) is 0 Å². The zero-order valence-corrected chi connectivity index (χ0v) is 8.96. The molecule has 0 aliphatic heterocycles. The number of nitrogens with one attached hydrogen (secondary N) is 1. The average Bonchev–Trinajstić information content (AvgIpc) is 2.32. The van der Waals surface area contributed by atoms with E-state index >= 15 is 0 Å². The van der Waals surface area contributed by atoms with Gasteiger partial charge < -0.3 is 20.3 Å². The van der Waals surface area contributed by atoms with Crippen LogP contribution in [-0.4, -0.2) is 46.1 Å². The molecule has 16 heavy (non-hydrogen) atoms. The van der Waals surface area contributed by atoms with Gasteiger partial charge in [0, 0.05) is 13.2 Å². The van der Waals surface area contributed by atoms with Crippen molar-refractivity contribution < 1.29 is 14.9 Å². The minimum absolute atomic E-state index is 0.0540. The lowest BCUT2D eigenvalue weighted by Gasteiger charge is -2.13. The number of hydrogen-bond acceptors (Lipinski definition) is 6. The van der Waals surface area contributed by atoms with E-state index in [9.17, 15) is 4.79 Å². The third-order valence-electron chi connectivity index (χ3n) is 1.99. The number of anilines is 1. The largest absolute Gasteiger partial charge is 0.394 e. The molecule has 7 heteroatoms. The Morgan fingerprint density at radius 2 is 2.25 bits per heavy atom. The van der Waals surface area contributed by atoms with Crippen LogP contribution in [0.15, 0.2) is 17.1 Å². The van der Waals surface area contributed by atoms with Crippen molar-refractivity contribution in [2.75, 3.05) is 25.6 Å². The second-order valence-electron chi connectivity index (χ2n) is 3.10. The maximum Gasteiger partial charge on any atom is 0.351 e. The lowest BCUT2D eigenvalue weighted by molar-refractivity contribution is -0.0512. The standard InChI is InChI=1S/C9H15N3O4/c1-10-8-2-3-12(9(15)11-8)6-16-7(4-13)5-14/h2-3,7,13-14H,4-6H2,1H3,(H,10,11,15). The molecule has 0 aromatic carbocycles. The van der Waals surface area contributed by atoms with Crippen molar-refractivity contribution in [3.8, 4) is 0 Å². The molecule has 7 nitrogen and oxygen atoms in total. The predicted molar refractivity (Wildman–Crippen MR) is 57.1 cm³/mol. The van der Waals surface area contributed by atoms with Gasteiger partial charge in [0.15, 0.2) is 0 Å². The van der Waals surface area contributed by atoms with Gasteiger partial charge in [-0.3, -0.25) is 4.57 Å². The number of ether oxygens (including phenoxy) is 1. The smallest absolute Gasteiger partial charge is 0.351 e. The van der Waals surface area contributed by atoms with E-state index < -0.39 is 11.8 Å². The Balaban J connectivity index is 2.64. The zero-order valence-electron chi connectivity index (χ0n) is 8.96. The second kappa shape index (κ2) is 6.21. The van der Waals surface area contributed by atoms with Gasteiger partial charge in [0.2, 0.25) is 0 Å². The van der Waals surface area contributed by atoms with Gasteiger partial charge in [-0.25, -0.2) is 4.79 Å². The summed E-state index contributed by atoms with van der Waals surface area (Å²) in [5.74, 6) is 0.474. The molecule has 0 spiro atoms. The normalized spacial score (nSPS) is 10.8. The summed E-state index contributed by atoms with van der Waals surface area (Å²) in [6.45, 7) is -0.651. The summed E-state index contributed by atoms with van der Waals surface area (Å²) < 4.78 is 6.32. The quantitative estimate of drug-likeness (QED) is 0.556. The third kappa shape index (κ3) is 3.30. The number of rotatable bonds is 6. The third-order valence-corrected chi connectivity index (χ3v) is 1.99. The molecule has 0 radical (unpaired) electrons. The first-order valence-corrected chi connectivity index (χ1v) is 4.79. The highest BCUT2D eigenvalue weighted by Gasteiger charge is 2.06. The van der Waals surface area contributed by atoms with E-state index in [4.69, 9.17) is 14.9 Å². The summed E-state index contributed by atoms with van der Waals surface area (Å²) in [4.78, 5) is 15.1. The van der Waals surface area contributed by atoms with Gasteiger partial charge in [0.05, 0.1) is 13.2 Å². The van der Waals surface area contributed by atoms with Crippen LogP contribution < -0.4 is 11.0 Å². The van der Waals surface area contributed by atoms with Gasteiger partial charge in [-0.05, 0) is 6.07 Å². The number of nitrogens with zero attached hydrogens (tertiary/aromatic N) is 2. The van der Waals surface area contributed by atoms with E-state index in [-0.39, 0.29) is 19.9 Å². The Kier molecular flexibility index (Phi) is 4.90. The molecule has 0 saturated heterocycles. The van der Waals surface area contributed by atoms with Crippen molar-refractivity contribution in [2.24, 2.45) is 0 Å². The van der Waals surface area contributed by atoms with Crippen LogP contribution in [0.25, 0.3) is 0 Å². The summed E-state index contributed by atoms with van der Waals surface area (Å²) >= 11 is 0. The average molecular weight is 229 g/mol. The minimum Gasteiger partial charge on any atom is -0.394 e. The molecule has 1 rings (SSSR count). The first-order chi connectivity index (χ1) is 7.71. The molecule has 0 unspecified atom stereocenters. The fourth-order valence-corrected chi connectivity index (χ4v) is 1.02. The number of aliphatic hydroxyl groups is 2. The van der Waals surface area contributed by atoms with Gasteiger partial charge in [0.25, 0.3) is 0 Å². The number of hydrogen-bond donors (Lipinski definition) is 3. The molecule has 0 aliphatic carbocycles. The summed E-state index contributed by atoms with van der Waals surface area (Å²) in [6.07, 6.45) is 0.836. The highest BCUT2D eigenvalue weighted by atomic mass is 16.5. The van der Waals surface area contributed by atoms with Crippen LogP contribution in [0, 0.1) is 0 Å². The van der Waals surface area contributed by atoms with Gasteiger partial charge in [-0.2, -0.15) is 4.98 Å². The Hall–Kier alpha value is -1.44. The molecule has 0 fully saturated rings. The predicted octanol–water partition coefficient (Wildman–Crippen LogP) is -1.39.